The number of rotatable bonds is 5. The number of hydrogen-bond donors (Lipinski definition) is 0. The van der Waals surface area contributed by atoms with E-state index in [-0.39, 0.29) is 12.3 Å². The summed E-state index contributed by atoms with van der Waals surface area (Å²) in [6, 6.07) is 4.22. The third kappa shape index (κ3) is 2.71. The Morgan fingerprint density at radius 1 is 1.65 bits per heavy atom. The zero-order chi connectivity index (χ0) is 14.7. The van der Waals surface area contributed by atoms with E-state index in [2.05, 4.69) is 6.58 Å². The van der Waals surface area contributed by atoms with Gasteiger partial charge in [-0.25, -0.2) is 0 Å². The number of non-ortho nitro benzene ring substituents is 1. The quantitative estimate of drug-likeness (QED) is 0.357. The Bertz CT molecular complexity index is 568. The lowest BCUT2D eigenvalue weighted by atomic mass is 10.0. The van der Waals surface area contributed by atoms with Crippen LogP contribution in [0.1, 0.15) is 25.0 Å². The van der Waals surface area contributed by atoms with Crippen molar-refractivity contribution in [1.82, 2.24) is 0 Å². The van der Waals surface area contributed by atoms with Crippen LogP contribution in [0, 0.1) is 15.3 Å². The van der Waals surface area contributed by atoms with Crippen LogP contribution in [-0.4, -0.2) is 22.1 Å². The van der Waals surface area contributed by atoms with Crippen LogP contribution >= 0.6 is 0 Å². The van der Waals surface area contributed by atoms with E-state index >= 15 is 0 Å². The molecule has 0 aromatic heterocycles. The minimum Gasteiger partial charge on any atom is -0.489 e. The van der Waals surface area contributed by atoms with Crippen LogP contribution in [0.4, 0.5) is 5.69 Å². The first-order valence-electron chi connectivity index (χ1n) is 6.01. The van der Waals surface area contributed by atoms with Crippen molar-refractivity contribution in [3.8, 4) is 5.75 Å². The van der Waals surface area contributed by atoms with Crippen molar-refractivity contribution in [2.75, 3.05) is 6.61 Å². The fourth-order valence-electron chi connectivity index (χ4n) is 1.93. The third-order valence-corrected chi connectivity index (χ3v) is 2.92. The van der Waals surface area contributed by atoms with Crippen LogP contribution in [0.3, 0.4) is 0 Å². The van der Waals surface area contributed by atoms with Gasteiger partial charge < -0.3 is 9.57 Å². The highest BCUT2D eigenvalue weighted by atomic mass is 16.9. The maximum absolute atomic E-state index is 11.4. The van der Waals surface area contributed by atoms with Crippen LogP contribution in [-0.2, 0) is 4.84 Å². The smallest absolute Gasteiger partial charge is 0.270 e. The molecule has 0 fully saturated rings. The first-order chi connectivity index (χ1) is 9.52. The molecular formula is C13H14N2O5. The van der Waals surface area contributed by atoms with Crippen LogP contribution in [0.15, 0.2) is 30.9 Å². The van der Waals surface area contributed by atoms with E-state index in [1.807, 2.05) is 0 Å². The van der Waals surface area contributed by atoms with Gasteiger partial charge in [-0.3, -0.25) is 15.3 Å². The topological polar surface area (TPSA) is 87.7 Å². The first kappa shape index (κ1) is 13.9. The molecule has 1 aliphatic rings. The predicted octanol–water partition coefficient (Wildman–Crippen LogP) is 2.51. The summed E-state index contributed by atoms with van der Waals surface area (Å²) in [6.45, 7) is 5.46. The van der Waals surface area contributed by atoms with Gasteiger partial charge in [-0.2, -0.15) is 0 Å². The Labute approximate surface area is 115 Å². The summed E-state index contributed by atoms with van der Waals surface area (Å²) in [5, 5.41) is 22.2. The van der Waals surface area contributed by atoms with Gasteiger partial charge in [0.2, 0.25) is 5.71 Å². The highest BCUT2D eigenvalue weighted by Gasteiger charge is 2.29. The molecule has 0 spiro atoms. The van der Waals surface area contributed by atoms with E-state index in [1.165, 1.54) is 18.2 Å². The van der Waals surface area contributed by atoms with E-state index in [1.54, 1.807) is 13.0 Å². The molecule has 7 nitrogen and oxygen atoms in total. The Morgan fingerprint density at radius 2 is 2.40 bits per heavy atom. The second-order valence-electron chi connectivity index (χ2n) is 4.37. The molecule has 106 valence electrons. The molecule has 7 heteroatoms. The zero-order valence-electron chi connectivity index (χ0n) is 10.9. The van der Waals surface area contributed by atoms with Crippen molar-refractivity contribution < 1.29 is 19.4 Å². The maximum Gasteiger partial charge on any atom is 0.270 e. The lowest BCUT2D eigenvalue weighted by molar-refractivity contribution is -0.743. The molecule has 0 amide bonds. The second kappa shape index (κ2) is 5.60. The number of nitro benzene ring substituents is 1. The molecule has 0 aliphatic carbocycles. The highest BCUT2D eigenvalue weighted by Crippen LogP contribution is 2.35. The van der Waals surface area contributed by atoms with Crippen LogP contribution in [0.5, 0.6) is 5.75 Å². The average molecular weight is 278 g/mol. The number of ether oxygens (including phenoxy) is 1. The third-order valence-electron chi connectivity index (χ3n) is 2.92. The Kier molecular flexibility index (Phi) is 3.88. The van der Waals surface area contributed by atoms with Gasteiger partial charge in [0.05, 0.1) is 11.3 Å². The summed E-state index contributed by atoms with van der Waals surface area (Å²) < 4.78 is 5.45. The Hall–Kier alpha value is -2.57. The minimum atomic E-state index is -0.577. The maximum atomic E-state index is 11.4. The molecular weight excluding hydrogens is 264 g/mol. The van der Waals surface area contributed by atoms with Crippen molar-refractivity contribution in [3.05, 3.63) is 51.7 Å². The number of nitro groups is 1. The van der Waals surface area contributed by atoms with Gasteiger partial charge in [-0.1, -0.05) is 12.7 Å². The molecule has 0 N–H and O–H groups in total. The molecule has 0 bridgehead atoms. The molecule has 2 rings (SSSR count). The summed E-state index contributed by atoms with van der Waals surface area (Å²) in [6.07, 6.45) is 1.36. The molecule has 0 radical (unpaired) electrons. The van der Waals surface area contributed by atoms with Crippen molar-refractivity contribution in [2.24, 2.45) is 0 Å². The van der Waals surface area contributed by atoms with Gasteiger partial charge >= 0.3 is 0 Å². The van der Waals surface area contributed by atoms with Crippen molar-refractivity contribution in [3.63, 3.8) is 0 Å². The van der Waals surface area contributed by atoms with Crippen LogP contribution < -0.4 is 4.74 Å². The molecule has 20 heavy (non-hydrogen) atoms. The van der Waals surface area contributed by atoms with Crippen LogP contribution in [0.2, 0.25) is 0 Å². The van der Waals surface area contributed by atoms with Gasteiger partial charge in [-0.15, -0.1) is 0 Å². The second-order valence-corrected chi connectivity index (χ2v) is 4.37. The Morgan fingerprint density at radius 3 is 2.95 bits per heavy atom. The van der Waals surface area contributed by atoms with E-state index in [0.29, 0.717) is 28.3 Å². The van der Waals surface area contributed by atoms with Gasteiger partial charge in [0.1, 0.15) is 18.5 Å². The monoisotopic (exact) mass is 278 g/mol. The molecule has 1 aromatic rings. The lowest BCUT2D eigenvalue weighted by Crippen LogP contribution is -2.06. The van der Waals surface area contributed by atoms with E-state index < -0.39 is 11.0 Å². The summed E-state index contributed by atoms with van der Waals surface area (Å²) in [4.78, 5) is 15.9. The molecule has 1 aliphatic heterocycles. The molecule has 1 unspecified atom stereocenters. The van der Waals surface area contributed by atoms with Crippen molar-refractivity contribution in [2.45, 2.75) is 19.4 Å². The largest absolute Gasteiger partial charge is 0.489 e. The summed E-state index contributed by atoms with van der Waals surface area (Å²) in [5.74, 6) is 0.448. The minimum absolute atomic E-state index is 0.0726. The Balaban J connectivity index is 2.34. The molecule has 0 saturated carbocycles. The fraction of sp³-hybridized carbons (Fsp3) is 0.308. The van der Waals surface area contributed by atoms with Crippen molar-refractivity contribution in [1.29, 1.82) is 0 Å². The lowest BCUT2D eigenvalue weighted by Gasteiger charge is -2.16. The van der Waals surface area contributed by atoms with Gasteiger partial charge in [-0.05, 0) is 6.07 Å². The van der Waals surface area contributed by atoms with E-state index in [9.17, 15) is 15.3 Å². The number of benzene rings is 1. The van der Waals surface area contributed by atoms with Gasteiger partial charge in [0.25, 0.3) is 5.69 Å². The molecule has 1 heterocycles. The summed E-state index contributed by atoms with van der Waals surface area (Å²) in [5.41, 5.74) is 0.923. The fourth-order valence-corrected chi connectivity index (χ4v) is 1.93. The molecule has 1 aromatic carbocycles. The van der Waals surface area contributed by atoms with E-state index in [0.717, 1.165) is 0 Å². The van der Waals surface area contributed by atoms with E-state index in [4.69, 9.17) is 9.57 Å². The highest BCUT2D eigenvalue weighted by molar-refractivity contribution is 5.78. The van der Waals surface area contributed by atoms with Gasteiger partial charge in [0, 0.05) is 29.5 Å². The van der Waals surface area contributed by atoms with Gasteiger partial charge in [0.15, 0.2) is 0 Å². The van der Waals surface area contributed by atoms with Crippen molar-refractivity contribution >= 4 is 11.4 Å². The number of hydrogen-bond acceptors (Lipinski definition) is 5. The zero-order valence-corrected chi connectivity index (χ0v) is 10.9. The first-order valence-corrected chi connectivity index (χ1v) is 6.01. The predicted molar refractivity (Wildman–Crippen MR) is 71.5 cm³/mol. The summed E-state index contributed by atoms with van der Waals surface area (Å²) in [7, 11) is 0. The number of nitrogens with zero attached hydrogens (tertiary/aromatic N) is 2. The SMILES string of the molecule is C=CCOc1ccc([N+](=O)[O-])cc1C1CC(C)=[N+]([O-])O1. The molecule has 1 atom stereocenters. The van der Waals surface area contributed by atoms with Crippen LogP contribution in [0.25, 0.3) is 0 Å². The summed E-state index contributed by atoms with van der Waals surface area (Å²) >= 11 is 0. The standard InChI is InChI=1S/C13H14N2O5/c1-3-6-19-12-5-4-10(14(16)17)8-11(12)13-7-9(2)15(18)20-13/h3-5,8,13H,1,6-7H2,2H3. The normalized spacial score (nSPS) is 17.8. The molecule has 0 saturated heterocycles. The average Bonchev–Trinajstić information content (AvgIpc) is 2.76.